The summed E-state index contributed by atoms with van der Waals surface area (Å²) in [6, 6.07) is 0. The minimum absolute atomic E-state index is 1.04. The van der Waals surface area contributed by atoms with Crippen LogP contribution < -0.4 is 5.32 Å². The van der Waals surface area contributed by atoms with E-state index in [2.05, 4.69) is 12.2 Å². The van der Waals surface area contributed by atoms with Crippen LogP contribution in [0.25, 0.3) is 0 Å². The highest BCUT2D eigenvalue weighted by molar-refractivity contribution is 4.59. The summed E-state index contributed by atoms with van der Waals surface area (Å²) in [7, 11) is 0. The molecule has 0 aromatic heterocycles. The summed E-state index contributed by atoms with van der Waals surface area (Å²) in [6.07, 6.45) is 10.2. The van der Waals surface area contributed by atoms with Gasteiger partial charge in [0.15, 0.2) is 0 Å². The summed E-state index contributed by atoms with van der Waals surface area (Å²) >= 11 is 0. The largest absolute Gasteiger partial charge is 0.317 e. The first-order valence-electron chi connectivity index (χ1n) is 5.60. The Morgan fingerprint density at radius 3 is 1.67 bits per heavy atom. The van der Waals surface area contributed by atoms with E-state index in [0.717, 1.165) is 5.92 Å². The first-order chi connectivity index (χ1) is 5.89. The number of nitrogens with one attached hydrogen (secondary N) is 1. The third-order valence-electron chi connectivity index (χ3n) is 2.85. The van der Waals surface area contributed by atoms with Gasteiger partial charge in [0, 0.05) is 0 Å². The van der Waals surface area contributed by atoms with Gasteiger partial charge in [-0.1, -0.05) is 39.0 Å². The van der Waals surface area contributed by atoms with E-state index in [9.17, 15) is 0 Å². The van der Waals surface area contributed by atoms with Gasteiger partial charge >= 0.3 is 0 Å². The molecule has 1 heterocycles. The zero-order chi connectivity index (χ0) is 8.65. The lowest BCUT2D eigenvalue weighted by atomic mass is 9.91. The van der Waals surface area contributed by atoms with Crippen LogP contribution in [-0.4, -0.2) is 13.1 Å². The van der Waals surface area contributed by atoms with Gasteiger partial charge in [-0.05, 0) is 31.8 Å². The Hall–Kier alpha value is -0.0400. The quantitative estimate of drug-likeness (QED) is 0.588. The van der Waals surface area contributed by atoms with Crippen LogP contribution in [-0.2, 0) is 0 Å². The van der Waals surface area contributed by atoms with Crippen LogP contribution in [0.2, 0.25) is 0 Å². The fourth-order valence-electron chi connectivity index (χ4n) is 1.93. The molecular formula is C11H23N. The zero-order valence-electron chi connectivity index (χ0n) is 8.44. The van der Waals surface area contributed by atoms with Gasteiger partial charge in [0.05, 0.1) is 0 Å². The Morgan fingerprint density at radius 2 is 1.42 bits per heavy atom. The van der Waals surface area contributed by atoms with E-state index in [4.69, 9.17) is 0 Å². The van der Waals surface area contributed by atoms with Crippen molar-refractivity contribution in [2.45, 2.75) is 51.9 Å². The van der Waals surface area contributed by atoms with Gasteiger partial charge < -0.3 is 5.32 Å². The molecule has 0 radical (unpaired) electrons. The Balaban J connectivity index is 0.000000127. The van der Waals surface area contributed by atoms with Crippen molar-refractivity contribution in [3.05, 3.63) is 0 Å². The van der Waals surface area contributed by atoms with Gasteiger partial charge in [-0.3, -0.25) is 0 Å². The van der Waals surface area contributed by atoms with Crippen LogP contribution in [0.5, 0.6) is 0 Å². The predicted octanol–water partition coefficient (Wildman–Crippen LogP) is 2.96. The highest BCUT2D eigenvalue weighted by Gasteiger charge is 2.05. The van der Waals surface area contributed by atoms with Crippen molar-refractivity contribution in [1.29, 1.82) is 0 Å². The van der Waals surface area contributed by atoms with Crippen LogP contribution in [0.1, 0.15) is 51.9 Å². The van der Waals surface area contributed by atoms with Gasteiger partial charge in [0.2, 0.25) is 0 Å². The van der Waals surface area contributed by atoms with Crippen LogP contribution in [0.3, 0.4) is 0 Å². The van der Waals surface area contributed by atoms with Gasteiger partial charge in [-0.25, -0.2) is 0 Å². The average Bonchev–Trinajstić information content (AvgIpc) is 2.62. The molecule has 0 aromatic carbocycles. The molecular weight excluding hydrogens is 146 g/mol. The molecule has 1 saturated carbocycles. The van der Waals surface area contributed by atoms with Crippen molar-refractivity contribution in [2.24, 2.45) is 5.92 Å². The topological polar surface area (TPSA) is 12.0 Å². The maximum atomic E-state index is 3.22. The van der Waals surface area contributed by atoms with E-state index >= 15 is 0 Å². The highest BCUT2D eigenvalue weighted by atomic mass is 14.9. The summed E-state index contributed by atoms with van der Waals surface area (Å²) < 4.78 is 0. The molecule has 0 spiro atoms. The molecule has 2 fully saturated rings. The molecule has 1 aliphatic heterocycles. The Kier molecular flexibility index (Phi) is 5.42. The standard InChI is InChI=1S/C7H14.C4H9N/c1-7-5-3-2-4-6-7;1-2-4-5-3-1/h7H,2-6H2,1H3;5H,1-4H2. The SMILES string of the molecule is C1CCNC1.CC1CCCCC1. The van der Waals surface area contributed by atoms with Crippen molar-refractivity contribution in [3.8, 4) is 0 Å². The van der Waals surface area contributed by atoms with E-state index in [1.807, 2.05) is 0 Å². The minimum Gasteiger partial charge on any atom is -0.317 e. The van der Waals surface area contributed by atoms with Crippen LogP contribution in [0.15, 0.2) is 0 Å². The fraction of sp³-hybridized carbons (Fsp3) is 1.00. The maximum Gasteiger partial charge on any atom is -0.00484 e. The van der Waals surface area contributed by atoms with Crippen molar-refractivity contribution in [2.75, 3.05) is 13.1 Å². The van der Waals surface area contributed by atoms with Gasteiger partial charge in [0.1, 0.15) is 0 Å². The lowest BCUT2D eigenvalue weighted by molar-refractivity contribution is 0.385. The molecule has 2 aliphatic rings. The van der Waals surface area contributed by atoms with Crippen LogP contribution in [0, 0.1) is 5.92 Å². The fourth-order valence-corrected chi connectivity index (χ4v) is 1.93. The predicted molar refractivity (Wildman–Crippen MR) is 54.4 cm³/mol. The second kappa shape index (κ2) is 6.47. The van der Waals surface area contributed by atoms with Crippen molar-refractivity contribution >= 4 is 0 Å². The van der Waals surface area contributed by atoms with Gasteiger partial charge in [-0.2, -0.15) is 0 Å². The van der Waals surface area contributed by atoms with E-state index in [1.165, 1.54) is 58.0 Å². The zero-order valence-corrected chi connectivity index (χ0v) is 8.44. The molecule has 0 atom stereocenters. The van der Waals surface area contributed by atoms with E-state index in [1.54, 1.807) is 0 Å². The van der Waals surface area contributed by atoms with Gasteiger partial charge in [-0.15, -0.1) is 0 Å². The van der Waals surface area contributed by atoms with Crippen molar-refractivity contribution in [1.82, 2.24) is 5.32 Å². The molecule has 0 bridgehead atoms. The molecule has 72 valence electrons. The lowest BCUT2D eigenvalue weighted by Gasteiger charge is -2.15. The first kappa shape index (κ1) is 10.0. The number of hydrogen-bond donors (Lipinski definition) is 1. The van der Waals surface area contributed by atoms with E-state index in [-0.39, 0.29) is 0 Å². The third kappa shape index (κ3) is 4.76. The molecule has 0 unspecified atom stereocenters. The van der Waals surface area contributed by atoms with Crippen LogP contribution >= 0.6 is 0 Å². The molecule has 1 N–H and O–H groups in total. The van der Waals surface area contributed by atoms with Crippen molar-refractivity contribution in [3.63, 3.8) is 0 Å². The lowest BCUT2D eigenvalue weighted by Crippen LogP contribution is -2.03. The summed E-state index contributed by atoms with van der Waals surface area (Å²) in [5.41, 5.74) is 0. The minimum atomic E-state index is 1.04. The summed E-state index contributed by atoms with van der Waals surface area (Å²) in [5.74, 6) is 1.04. The Labute approximate surface area is 76.9 Å². The van der Waals surface area contributed by atoms with Crippen LogP contribution in [0.4, 0.5) is 0 Å². The second-order valence-electron chi connectivity index (χ2n) is 4.20. The van der Waals surface area contributed by atoms with Gasteiger partial charge in [0.25, 0.3) is 0 Å². The Morgan fingerprint density at radius 1 is 0.833 bits per heavy atom. The monoisotopic (exact) mass is 169 g/mol. The summed E-state index contributed by atoms with van der Waals surface area (Å²) in [5, 5.41) is 3.22. The summed E-state index contributed by atoms with van der Waals surface area (Å²) in [4.78, 5) is 0. The van der Waals surface area contributed by atoms with Crippen molar-refractivity contribution < 1.29 is 0 Å². The third-order valence-corrected chi connectivity index (χ3v) is 2.85. The maximum absolute atomic E-state index is 3.22. The molecule has 1 aliphatic carbocycles. The van der Waals surface area contributed by atoms with E-state index in [0.29, 0.717) is 0 Å². The molecule has 1 nitrogen and oxygen atoms in total. The number of hydrogen-bond acceptors (Lipinski definition) is 1. The highest BCUT2D eigenvalue weighted by Crippen LogP contribution is 2.22. The Bertz CT molecular complexity index is 83.6. The molecule has 1 heteroatoms. The molecule has 12 heavy (non-hydrogen) atoms. The molecule has 0 aromatic rings. The second-order valence-corrected chi connectivity index (χ2v) is 4.20. The molecule has 2 rings (SSSR count). The number of rotatable bonds is 0. The van der Waals surface area contributed by atoms with E-state index < -0.39 is 0 Å². The molecule has 0 amide bonds. The first-order valence-corrected chi connectivity index (χ1v) is 5.60. The molecule has 1 saturated heterocycles. The summed E-state index contributed by atoms with van der Waals surface area (Å²) in [6.45, 7) is 4.86. The normalized spacial score (nSPS) is 24.8. The average molecular weight is 169 g/mol. The smallest absolute Gasteiger partial charge is 0.00484 e.